The van der Waals surface area contributed by atoms with Crippen molar-refractivity contribution in [2.45, 2.75) is 20.0 Å². The van der Waals surface area contributed by atoms with Crippen LogP contribution >= 0.6 is 0 Å². The van der Waals surface area contributed by atoms with Crippen molar-refractivity contribution < 1.29 is 14.3 Å². The Morgan fingerprint density at radius 3 is 1.85 bits per heavy atom. The van der Waals surface area contributed by atoms with Crippen molar-refractivity contribution in [3.05, 3.63) is 101 Å². The molecule has 0 saturated heterocycles. The van der Waals surface area contributed by atoms with Gasteiger partial charge in [0.1, 0.15) is 0 Å². The van der Waals surface area contributed by atoms with E-state index in [0.29, 0.717) is 76.0 Å². The molecular formula is C30H36N8O3. The first kappa shape index (κ1) is 29.4. The Hall–Kier alpha value is -4.61. The molecule has 11 heteroatoms. The number of carbonyl (C=O) groups excluding carboxylic acids is 1. The quantitative estimate of drug-likeness (QED) is 0.143. The summed E-state index contributed by atoms with van der Waals surface area (Å²) in [7, 11) is 0. The lowest BCUT2D eigenvalue weighted by molar-refractivity contribution is 0.0519. The van der Waals surface area contributed by atoms with E-state index in [9.17, 15) is 4.79 Å². The molecule has 0 aliphatic carbocycles. The molecular weight excluding hydrogens is 520 g/mol. The average molecular weight is 557 g/mol. The van der Waals surface area contributed by atoms with Crippen molar-refractivity contribution in [2.75, 3.05) is 55.5 Å². The van der Waals surface area contributed by atoms with Gasteiger partial charge >= 0.3 is 0 Å². The van der Waals surface area contributed by atoms with Crippen LogP contribution in [-0.2, 0) is 22.6 Å². The summed E-state index contributed by atoms with van der Waals surface area (Å²) in [6.07, 6.45) is 3.50. The molecule has 4 aromatic rings. The first-order valence-corrected chi connectivity index (χ1v) is 13.6. The number of nitrogens with zero attached hydrogens (tertiary/aromatic N) is 4. The second kappa shape index (κ2) is 16.5. The van der Waals surface area contributed by atoms with E-state index in [4.69, 9.17) is 9.47 Å². The average Bonchev–Trinajstić information content (AvgIpc) is 3.01. The third-order valence-electron chi connectivity index (χ3n) is 5.88. The van der Waals surface area contributed by atoms with Crippen molar-refractivity contribution >= 4 is 23.8 Å². The van der Waals surface area contributed by atoms with Gasteiger partial charge in [0.15, 0.2) is 0 Å². The second-order valence-corrected chi connectivity index (χ2v) is 9.13. The lowest BCUT2D eigenvalue weighted by atomic mass is 10.1. The molecule has 0 fully saturated rings. The molecule has 2 aromatic carbocycles. The van der Waals surface area contributed by atoms with Crippen molar-refractivity contribution in [1.82, 2.24) is 25.3 Å². The van der Waals surface area contributed by atoms with Gasteiger partial charge in [-0.15, -0.1) is 0 Å². The first-order chi connectivity index (χ1) is 20.2. The van der Waals surface area contributed by atoms with Crippen LogP contribution in [0.1, 0.15) is 27.0 Å². The van der Waals surface area contributed by atoms with E-state index < -0.39 is 0 Å². The molecule has 0 aliphatic heterocycles. The van der Waals surface area contributed by atoms with E-state index in [0.717, 1.165) is 11.1 Å². The number of anilines is 3. The zero-order valence-electron chi connectivity index (χ0n) is 23.2. The van der Waals surface area contributed by atoms with E-state index in [1.54, 1.807) is 24.5 Å². The van der Waals surface area contributed by atoms with Gasteiger partial charge in [-0.3, -0.25) is 9.78 Å². The number of aryl methyl sites for hydroxylation is 1. The molecule has 0 spiro atoms. The third-order valence-corrected chi connectivity index (χ3v) is 5.88. The van der Waals surface area contributed by atoms with Crippen LogP contribution in [0.4, 0.5) is 17.8 Å². The largest absolute Gasteiger partial charge is 0.377 e. The molecule has 11 nitrogen and oxygen atoms in total. The summed E-state index contributed by atoms with van der Waals surface area (Å²) in [6.45, 7) is 5.90. The zero-order chi connectivity index (χ0) is 28.5. The number of nitrogens with one attached hydrogen (secondary N) is 4. The zero-order valence-corrected chi connectivity index (χ0v) is 23.2. The number of benzene rings is 2. The van der Waals surface area contributed by atoms with Gasteiger partial charge in [-0.25, -0.2) is 0 Å². The van der Waals surface area contributed by atoms with Crippen LogP contribution < -0.4 is 21.3 Å². The number of rotatable bonds is 17. The number of hydrogen-bond acceptors (Lipinski definition) is 10. The van der Waals surface area contributed by atoms with Gasteiger partial charge < -0.3 is 30.7 Å². The first-order valence-electron chi connectivity index (χ1n) is 13.6. The van der Waals surface area contributed by atoms with Crippen molar-refractivity contribution in [1.29, 1.82) is 0 Å². The van der Waals surface area contributed by atoms with Crippen LogP contribution in [0, 0.1) is 6.92 Å². The maximum Gasteiger partial charge on any atom is 0.251 e. The molecule has 0 aliphatic rings. The molecule has 0 unspecified atom stereocenters. The molecule has 2 heterocycles. The van der Waals surface area contributed by atoms with E-state index in [1.165, 1.54) is 5.56 Å². The highest BCUT2D eigenvalue weighted by Crippen LogP contribution is 2.12. The summed E-state index contributed by atoms with van der Waals surface area (Å²) >= 11 is 0. The van der Waals surface area contributed by atoms with Gasteiger partial charge in [0.05, 0.1) is 26.4 Å². The smallest absolute Gasteiger partial charge is 0.251 e. The van der Waals surface area contributed by atoms with Gasteiger partial charge in [0.2, 0.25) is 17.8 Å². The Balaban J connectivity index is 1.17. The summed E-state index contributed by atoms with van der Waals surface area (Å²) in [5, 5.41) is 12.6. The predicted molar refractivity (Wildman–Crippen MR) is 159 cm³/mol. The summed E-state index contributed by atoms with van der Waals surface area (Å²) in [6, 6.07) is 21.3. The molecule has 41 heavy (non-hydrogen) atoms. The molecule has 4 rings (SSSR count). The lowest BCUT2D eigenvalue weighted by Gasteiger charge is -2.12. The van der Waals surface area contributed by atoms with E-state index in [1.807, 2.05) is 30.3 Å². The Morgan fingerprint density at radius 2 is 1.22 bits per heavy atom. The van der Waals surface area contributed by atoms with Crippen molar-refractivity contribution in [3.8, 4) is 0 Å². The van der Waals surface area contributed by atoms with Gasteiger partial charge in [-0.2, -0.15) is 15.0 Å². The van der Waals surface area contributed by atoms with Crippen molar-refractivity contribution in [3.63, 3.8) is 0 Å². The molecule has 214 valence electrons. The van der Waals surface area contributed by atoms with Gasteiger partial charge in [0, 0.05) is 44.1 Å². The fourth-order valence-electron chi connectivity index (χ4n) is 3.67. The van der Waals surface area contributed by atoms with Crippen LogP contribution in [-0.4, -0.2) is 65.4 Å². The molecule has 0 bridgehead atoms. The number of carbonyl (C=O) groups is 1. The Bertz CT molecular complexity index is 1320. The van der Waals surface area contributed by atoms with Crippen LogP contribution in [0.2, 0.25) is 0 Å². The molecule has 0 saturated carbocycles. The lowest BCUT2D eigenvalue weighted by Crippen LogP contribution is -2.27. The Labute approximate surface area is 240 Å². The number of hydrogen-bond donors (Lipinski definition) is 4. The minimum Gasteiger partial charge on any atom is -0.377 e. The fraction of sp³-hybridized carbons (Fsp3) is 0.300. The van der Waals surface area contributed by atoms with Gasteiger partial charge in [-0.1, -0.05) is 48.0 Å². The molecule has 4 N–H and O–H groups in total. The van der Waals surface area contributed by atoms with E-state index in [2.05, 4.69) is 72.4 Å². The van der Waals surface area contributed by atoms with Crippen LogP contribution in [0.3, 0.4) is 0 Å². The standard InChI is InChI=1S/C30H36N8O3/c1-23-7-9-24(10-8-23)21-34-29-36-28(37-30(38-29)35-22-25-11-13-31-14-12-25)33-16-18-41-20-19-40-17-15-32-27(39)26-5-3-2-4-6-26/h2-14H,15-22H2,1H3,(H,32,39)(H3,33,34,35,36,37,38). The number of aromatic nitrogens is 4. The highest BCUT2D eigenvalue weighted by Gasteiger charge is 2.07. The summed E-state index contributed by atoms with van der Waals surface area (Å²) < 4.78 is 11.2. The van der Waals surface area contributed by atoms with Gasteiger partial charge in [0.25, 0.3) is 5.91 Å². The maximum absolute atomic E-state index is 12.0. The molecule has 2 aromatic heterocycles. The number of pyridine rings is 1. The van der Waals surface area contributed by atoms with Crippen LogP contribution in [0.15, 0.2) is 79.1 Å². The van der Waals surface area contributed by atoms with E-state index in [-0.39, 0.29) is 5.91 Å². The monoisotopic (exact) mass is 556 g/mol. The highest BCUT2D eigenvalue weighted by molar-refractivity contribution is 5.94. The Kier molecular flexibility index (Phi) is 11.8. The van der Waals surface area contributed by atoms with Gasteiger partial charge in [-0.05, 0) is 42.3 Å². The Morgan fingerprint density at radius 1 is 0.659 bits per heavy atom. The number of amides is 1. The fourth-order valence-corrected chi connectivity index (χ4v) is 3.67. The summed E-state index contributed by atoms with van der Waals surface area (Å²) in [4.78, 5) is 29.6. The topological polar surface area (TPSA) is 135 Å². The molecule has 0 atom stereocenters. The third kappa shape index (κ3) is 10.8. The molecule has 1 amide bonds. The maximum atomic E-state index is 12.0. The van der Waals surface area contributed by atoms with Crippen molar-refractivity contribution in [2.24, 2.45) is 0 Å². The van der Waals surface area contributed by atoms with Crippen LogP contribution in [0.5, 0.6) is 0 Å². The van der Waals surface area contributed by atoms with E-state index >= 15 is 0 Å². The summed E-state index contributed by atoms with van der Waals surface area (Å²) in [5.41, 5.74) is 4.04. The minimum atomic E-state index is -0.112. The normalized spacial score (nSPS) is 10.7. The highest BCUT2D eigenvalue weighted by atomic mass is 16.5. The molecule has 0 radical (unpaired) electrons. The second-order valence-electron chi connectivity index (χ2n) is 9.13. The minimum absolute atomic E-state index is 0.112. The van der Waals surface area contributed by atoms with Crippen LogP contribution in [0.25, 0.3) is 0 Å². The summed E-state index contributed by atoms with van der Waals surface area (Å²) in [5.74, 6) is 1.25. The SMILES string of the molecule is Cc1ccc(CNc2nc(NCCOCCOCCNC(=O)c3ccccc3)nc(NCc3ccncc3)n2)cc1. The predicted octanol–water partition coefficient (Wildman–Crippen LogP) is 3.67. The number of ether oxygens (including phenoxy) is 2.